The molecule has 0 saturated carbocycles. The van der Waals surface area contributed by atoms with Crippen molar-refractivity contribution in [2.24, 2.45) is 10.9 Å². The van der Waals surface area contributed by atoms with Crippen molar-refractivity contribution < 1.29 is 5.21 Å². The van der Waals surface area contributed by atoms with Crippen molar-refractivity contribution >= 4 is 50.7 Å². The summed E-state index contributed by atoms with van der Waals surface area (Å²) in [5, 5.41) is 15.5. The number of hydrogen-bond acceptors (Lipinski definition) is 3. The molecule has 0 spiro atoms. The zero-order valence-electron chi connectivity index (χ0n) is 9.59. The Morgan fingerprint density at radius 1 is 1.33 bits per heavy atom. The van der Waals surface area contributed by atoms with Gasteiger partial charge in [0.05, 0.1) is 15.7 Å². The van der Waals surface area contributed by atoms with Gasteiger partial charge in [0.2, 0.25) is 0 Å². The highest BCUT2D eigenvalue weighted by atomic mass is 79.9. The van der Waals surface area contributed by atoms with Gasteiger partial charge in [-0.05, 0) is 40.9 Å². The lowest BCUT2D eigenvalue weighted by Crippen LogP contribution is -2.12. The molecule has 0 unspecified atom stereocenters. The van der Waals surface area contributed by atoms with Gasteiger partial charge in [-0.1, -0.05) is 28.4 Å². The first-order valence-corrected chi connectivity index (χ1v) is 6.95. The van der Waals surface area contributed by atoms with Gasteiger partial charge in [-0.2, -0.15) is 0 Å². The standard InChI is InChI=1S/C11H14BrCl2N3O/c12-7-4-5-8(11(14)10(7)13)16-6-2-1-3-9(15)17-18/h4-5,16,18H,1-3,6H2,(H2,15,17). The third kappa shape index (κ3) is 4.55. The Bertz CT molecular complexity index is 441. The number of nitrogens with one attached hydrogen (secondary N) is 1. The summed E-state index contributed by atoms with van der Waals surface area (Å²) in [5.74, 6) is 0.250. The van der Waals surface area contributed by atoms with Crippen molar-refractivity contribution in [1.29, 1.82) is 0 Å². The van der Waals surface area contributed by atoms with E-state index in [1.54, 1.807) is 0 Å². The highest BCUT2D eigenvalue weighted by molar-refractivity contribution is 9.10. The second-order valence-electron chi connectivity index (χ2n) is 3.70. The smallest absolute Gasteiger partial charge is 0.139 e. The number of anilines is 1. The van der Waals surface area contributed by atoms with Crippen LogP contribution in [0.2, 0.25) is 10.0 Å². The number of benzene rings is 1. The molecule has 0 atom stereocenters. The molecule has 1 aromatic carbocycles. The molecule has 0 bridgehead atoms. The number of unbranched alkanes of at least 4 members (excludes halogenated alkanes) is 1. The topological polar surface area (TPSA) is 70.6 Å². The van der Waals surface area contributed by atoms with E-state index in [1.165, 1.54) is 0 Å². The van der Waals surface area contributed by atoms with Gasteiger partial charge in [0, 0.05) is 17.4 Å². The Morgan fingerprint density at radius 3 is 2.72 bits per heavy atom. The van der Waals surface area contributed by atoms with Gasteiger partial charge in [0.1, 0.15) is 5.84 Å². The van der Waals surface area contributed by atoms with Crippen LogP contribution in [0.4, 0.5) is 5.69 Å². The molecule has 0 aliphatic carbocycles. The average molecular weight is 355 g/mol. The van der Waals surface area contributed by atoms with E-state index in [0.717, 1.165) is 29.5 Å². The Balaban J connectivity index is 2.38. The van der Waals surface area contributed by atoms with Gasteiger partial charge >= 0.3 is 0 Å². The Hall–Kier alpha value is -0.650. The van der Waals surface area contributed by atoms with Crippen molar-refractivity contribution in [2.75, 3.05) is 11.9 Å². The molecule has 0 amide bonds. The summed E-state index contributed by atoms with van der Waals surface area (Å²) in [4.78, 5) is 0. The van der Waals surface area contributed by atoms with Crippen LogP contribution in [0.15, 0.2) is 21.8 Å². The maximum Gasteiger partial charge on any atom is 0.139 e. The van der Waals surface area contributed by atoms with Crippen LogP contribution in [0.5, 0.6) is 0 Å². The van der Waals surface area contributed by atoms with Crippen LogP contribution in [0, 0.1) is 0 Å². The van der Waals surface area contributed by atoms with E-state index in [2.05, 4.69) is 26.4 Å². The number of amidine groups is 1. The summed E-state index contributed by atoms with van der Waals surface area (Å²) in [6.07, 6.45) is 2.30. The predicted octanol–water partition coefficient (Wildman–Crippen LogP) is 4.08. The van der Waals surface area contributed by atoms with E-state index < -0.39 is 0 Å². The lowest BCUT2D eigenvalue weighted by Gasteiger charge is -2.10. The lowest BCUT2D eigenvalue weighted by atomic mass is 10.2. The quantitative estimate of drug-likeness (QED) is 0.180. The van der Waals surface area contributed by atoms with E-state index in [0.29, 0.717) is 16.5 Å². The van der Waals surface area contributed by atoms with E-state index in [4.69, 9.17) is 34.1 Å². The van der Waals surface area contributed by atoms with Crippen molar-refractivity contribution in [1.82, 2.24) is 0 Å². The van der Waals surface area contributed by atoms with Crippen LogP contribution in [-0.2, 0) is 0 Å². The summed E-state index contributed by atoms with van der Waals surface area (Å²) in [6, 6.07) is 3.70. The van der Waals surface area contributed by atoms with Crippen LogP contribution < -0.4 is 11.1 Å². The van der Waals surface area contributed by atoms with Crippen molar-refractivity contribution in [3.63, 3.8) is 0 Å². The second-order valence-corrected chi connectivity index (χ2v) is 5.31. The third-order valence-electron chi connectivity index (χ3n) is 2.34. The highest BCUT2D eigenvalue weighted by Crippen LogP contribution is 2.35. The molecule has 7 heteroatoms. The molecule has 100 valence electrons. The molecule has 0 fully saturated rings. The summed E-state index contributed by atoms with van der Waals surface area (Å²) < 4.78 is 0.770. The maximum atomic E-state index is 8.37. The molecule has 1 rings (SSSR count). The van der Waals surface area contributed by atoms with E-state index >= 15 is 0 Å². The van der Waals surface area contributed by atoms with Crippen LogP contribution in [0.3, 0.4) is 0 Å². The van der Waals surface area contributed by atoms with Gasteiger partial charge < -0.3 is 16.3 Å². The monoisotopic (exact) mass is 353 g/mol. The minimum absolute atomic E-state index is 0.250. The number of nitrogens with two attached hydrogens (primary N) is 1. The van der Waals surface area contributed by atoms with Crippen molar-refractivity contribution in [2.45, 2.75) is 19.3 Å². The first-order chi connectivity index (χ1) is 8.56. The highest BCUT2D eigenvalue weighted by Gasteiger charge is 2.07. The number of hydrogen-bond donors (Lipinski definition) is 3. The van der Waals surface area contributed by atoms with Gasteiger partial charge in [-0.15, -0.1) is 0 Å². The average Bonchev–Trinajstić information content (AvgIpc) is 2.37. The normalized spacial score (nSPS) is 11.6. The van der Waals surface area contributed by atoms with Gasteiger partial charge in [0.25, 0.3) is 0 Å². The molecule has 0 aliphatic rings. The Kier molecular flexibility index (Phi) is 6.60. The van der Waals surface area contributed by atoms with Crippen molar-refractivity contribution in [3.8, 4) is 0 Å². The number of halogens is 3. The Morgan fingerprint density at radius 2 is 2.06 bits per heavy atom. The molecule has 1 aromatic rings. The minimum Gasteiger partial charge on any atom is -0.409 e. The molecule has 0 heterocycles. The van der Waals surface area contributed by atoms with Crippen LogP contribution in [-0.4, -0.2) is 17.6 Å². The number of oxime groups is 1. The SMILES string of the molecule is N/C(CCCCNc1ccc(Br)c(Cl)c1Cl)=N/O. The van der Waals surface area contributed by atoms with Crippen LogP contribution in [0.25, 0.3) is 0 Å². The second kappa shape index (κ2) is 7.71. The van der Waals surface area contributed by atoms with E-state index in [1.807, 2.05) is 12.1 Å². The zero-order valence-corrected chi connectivity index (χ0v) is 12.7. The summed E-state index contributed by atoms with van der Waals surface area (Å²) >= 11 is 15.4. The Labute approximate surface area is 124 Å². The van der Waals surface area contributed by atoms with E-state index in [9.17, 15) is 0 Å². The largest absolute Gasteiger partial charge is 0.409 e. The maximum absolute atomic E-state index is 8.37. The summed E-state index contributed by atoms with van der Waals surface area (Å²) in [5.41, 5.74) is 6.16. The molecule has 4 nitrogen and oxygen atoms in total. The van der Waals surface area contributed by atoms with Gasteiger partial charge in [-0.3, -0.25) is 0 Å². The molecule has 0 aromatic heterocycles. The first kappa shape index (κ1) is 15.4. The molecule has 0 radical (unpaired) electrons. The fraction of sp³-hybridized carbons (Fsp3) is 0.364. The molecular weight excluding hydrogens is 341 g/mol. The van der Waals surface area contributed by atoms with Crippen molar-refractivity contribution in [3.05, 3.63) is 26.7 Å². The zero-order chi connectivity index (χ0) is 13.5. The lowest BCUT2D eigenvalue weighted by molar-refractivity contribution is 0.316. The predicted molar refractivity (Wildman–Crippen MR) is 79.9 cm³/mol. The molecule has 0 saturated heterocycles. The van der Waals surface area contributed by atoms with Crippen LogP contribution in [0.1, 0.15) is 19.3 Å². The number of nitrogens with zero attached hydrogens (tertiary/aromatic N) is 1. The molecule has 4 N–H and O–H groups in total. The fourth-order valence-electron chi connectivity index (χ4n) is 1.37. The summed E-state index contributed by atoms with van der Waals surface area (Å²) in [6.45, 7) is 0.746. The molecule has 0 aliphatic heterocycles. The van der Waals surface area contributed by atoms with Crippen LogP contribution >= 0.6 is 39.1 Å². The molecule has 18 heavy (non-hydrogen) atoms. The van der Waals surface area contributed by atoms with Gasteiger partial charge in [-0.25, -0.2) is 0 Å². The van der Waals surface area contributed by atoms with Gasteiger partial charge in [0.15, 0.2) is 0 Å². The third-order valence-corrected chi connectivity index (χ3v) is 4.11. The fourth-order valence-corrected chi connectivity index (χ4v) is 2.21. The minimum atomic E-state index is 0.250. The summed E-state index contributed by atoms with van der Waals surface area (Å²) in [7, 11) is 0. The molecular formula is C11H14BrCl2N3O. The first-order valence-electron chi connectivity index (χ1n) is 5.40. The van der Waals surface area contributed by atoms with E-state index in [-0.39, 0.29) is 5.84 Å². The number of rotatable bonds is 6.